The third-order valence-corrected chi connectivity index (χ3v) is 7.03. The summed E-state index contributed by atoms with van der Waals surface area (Å²) < 4.78 is 41.8. The number of benzene rings is 2. The number of halogens is 3. The zero-order valence-electron chi connectivity index (χ0n) is 24.2. The molecular formula is C32H42F3N5O. The molecule has 1 fully saturated rings. The van der Waals surface area contributed by atoms with Crippen molar-refractivity contribution in [1.29, 1.82) is 0 Å². The number of hydrogen-bond acceptors (Lipinski definition) is 5. The summed E-state index contributed by atoms with van der Waals surface area (Å²) >= 11 is 0. The minimum absolute atomic E-state index is 0.293. The maximum atomic E-state index is 13.5. The van der Waals surface area contributed by atoms with Crippen LogP contribution < -0.4 is 16.4 Å². The lowest BCUT2D eigenvalue weighted by Gasteiger charge is -2.30. The summed E-state index contributed by atoms with van der Waals surface area (Å²) in [7, 11) is 2.10. The zero-order chi connectivity index (χ0) is 30.0. The van der Waals surface area contributed by atoms with Crippen LogP contribution in [-0.4, -0.2) is 59.6 Å². The third kappa shape index (κ3) is 9.48. The van der Waals surface area contributed by atoms with Crippen molar-refractivity contribution in [2.24, 2.45) is 5.73 Å². The van der Waals surface area contributed by atoms with E-state index in [0.717, 1.165) is 60.2 Å². The fourth-order valence-electron chi connectivity index (χ4n) is 5.09. The fraction of sp³-hybridized carbons (Fsp3) is 0.438. The molecule has 0 amide bonds. The van der Waals surface area contributed by atoms with Crippen LogP contribution in [0.2, 0.25) is 0 Å². The van der Waals surface area contributed by atoms with Crippen LogP contribution in [0.5, 0.6) is 0 Å². The molecule has 0 radical (unpaired) electrons. The number of nitrogens with one attached hydrogen (secondary N) is 2. The normalized spacial score (nSPS) is 14.9. The van der Waals surface area contributed by atoms with E-state index >= 15 is 0 Å². The number of aromatic nitrogens is 1. The van der Waals surface area contributed by atoms with Crippen molar-refractivity contribution in [2.45, 2.75) is 64.4 Å². The molecule has 9 heteroatoms. The summed E-state index contributed by atoms with van der Waals surface area (Å²) in [6.45, 7) is 8.17. The van der Waals surface area contributed by atoms with Crippen molar-refractivity contribution < 1.29 is 18.3 Å². The summed E-state index contributed by atoms with van der Waals surface area (Å²) in [4.78, 5) is 2.29. The summed E-state index contributed by atoms with van der Waals surface area (Å²) in [5.41, 5.74) is 9.45. The molecule has 3 aromatic rings. The van der Waals surface area contributed by atoms with Gasteiger partial charge in [-0.3, -0.25) is 0 Å². The second-order valence-corrected chi connectivity index (χ2v) is 10.5. The predicted molar refractivity (Wildman–Crippen MR) is 163 cm³/mol. The van der Waals surface area contributed by atoms with Crippen LogP contribution in [0.3, 0.4) is 0 Å². The first-order valence-electron chi connectivity index (χ1n) is 14.0. The van der Waals surface area contributed by atoms with Crippen molar-refractivity contribution in [3.8, 4) is 11.8 Å². The van der Waals surface area contributed by atoms with Crippen molar-refractivity contribution in [3.63, 3.8) is 0 Å². The minimum Gasteiger partial charge on any atom is -0.405 e. The average molecular weight is 570 g/mol. The highest BCUT2D eigenvalue weighted by molar-refractivity contribution is 5.94. The van der Waals surface area contributed by atoms with Gasteiger partial charge in [-0.2, -0.15) is 13.2 Å². The minimum atomic E-state index is -4.36. The van der Waals surface area contributed by atoms with Crippen LogP contribution in [0.25, 0.3) is 10.9 Å². The lowest BCUT2D eigenvalue weighted by atomic mass is 10.0. The van der Waals surface area contributed by atoms with Crippen molar-refractivity contribution in [3.05, 3.63) is 72.1 Å². The number of piperidine rings is 1. The molecule has 0 aliphatic carbocycles. The molecule has 1 aromatic heterocycles. The predicted octanol–water partition coefficient (Wildman–Crippen LogP) is 5.75. The highest BCUT2D eigenvalue weighted by atomic mass is 19.4. The van der Waals surface area contributed by atoms with E-state index in [1.54, 1.807) is 25.1 Å². The standard InChI is InChI=1S/C30H37F3N4O.C2H5N/c1-4-23-18-22(17-21(2)38)10-11-27(23)34-14-6-7-25-19-26-28(35-24-12-15-36(3)16-13-24)8-5-9-29(26)37(25)20-30(31,32)33;1-2-3/h5,8-11,18-19,21,24,34-35,38H,4,12-17,20H2,1-3H3;2H,1,3H2. The fourth-order valence-corrected chi connectivity index (χ4v) is 5.09. The molecule has 0 bridgehead atoms. The Hall–Kier alpha value is -3.61. The largest absolute Gasteiger partial charge is 0.406 e. The van der Waals surface area contributed by atoms with E-state index in [1.165, 1.54) is 10.8 Å². The number of nitrogens with two attached hydrogens (primary N) is 1. The molecule has 1 aliphatic rings. The Balaban J connectivity index is 0.00000147. The van der Waals surface area contributed by atoms with Gasteiger partial charge in [0.2, 0.25) is 0 Å². The second-order valence-electron chi connectivity index (χ2n) is 10.5. The molecule has 1 unspecified atom stereocenters. The first kappa shape index (κ1) is 31.9. The Morgan fingerprint density at radius 2 is 1.88 bits per heavy atom. The Kier molecular flexibility index (Phi) is 11.6. The van der Waals surface area contributed by atoms with Gasteiger partial charge in [0.15, 0.2) is 0 Å². The molecule has 0 spiro atoms. The van der Waals surface area contributed by atoms with Crippen LogP contribution >= 0.6 is 0 Å². The Labute approximate surface area is 241 Å². The lowest BCUT2D eigenvalue weighted by molar-refractivity contribution is -0.140. The van der Waals surface area contributed by atoms with E-state index in [2.05, 4.69) is 59.7 Å². The molecule has 1 aliphatic heterocycles. The van der Waals surface area contributed by atoms with Crippen LogP contribution in [-0.2, 0) is 19.4 Å². The molecule has 1 atom stereocenters. The number of nitrogens with zero attached hydrogens (tertiary/aromatic N) is 2. The van der Waals surface area contributed by atoms with Crippen molar-refractivity contribution >= 4 is 22.3 Å². The first-order valence-corrected chi connectivity index (χ1v) is 14.0. The number of fused-ring (bicyclic) bond motifs is 1. The van der Waals surface area contributed by atoms with Crippen LogP contribution in [0, 0.1) is 11.8 Å². The molecule has 6 nitrogen and oxygen atoms in total. The van der Waals surface area contributed by atoms with Gasteiger partial charge in [0, 0.05) is 22.8 Å². The zero-order valence-corrected chi connectivity index (χ0v) is 24.2. The average Bonchev–Trinajstić information content (AvgIpc) is 3.25. The SMILES string of the molecule is C=CN.CCc1cc(CC(C)O)ccc1NCC#Cc1cc2c(NC3CCN(C)CC3)cccc2n1CC(F)(F)F. The Morgan fingerprint density at radius 1 is 1.17 bits per heavy atom. The Morgan fingerprint density at radius 3 is 2.51 bits per heavy atom. The van der Waals surface area contributed by atoms with E-state index in [-0.39, 0.29) is 0 Å². The van der Waals surface area contributed by atoms with Gasteiger partial charge < -0.3 is 30.9 Å². The molecule has 41 heavy (non-hydrogen) atoms. The van der Waals surface area contributed by atoms with Gasteiger partial charge in [-0.1, -0.05) is 37.6 Å². The summed E-state index contributed by atoms with van der Waals surface area (Å²) in [5.74, 6) is 6.02. The second kappa shape index (κ2) is 14.9. The smallest absolute Gasteiger partial charge is 0.405 e. The summed E-state index contributed by atoms with van der Waals surface area (Å²) in [5, 5.41) is 17.3. The lowest BCUT2D eigenvalue weighted by Crippen LogP contribution is -2.36. The van der Waals surface area contributed by atoms with Gasteiger partial charge in [-0.05, 0) is 100 Å². The van der Waals surface area contributed by atoms with Gasteiger partial charge in [0.1, 0.15) is 6.54 Å². The van der Waals surface area contributed by atoms with E-state index in [9.17, 15) is 18.3 Å². The van der Waals surface area contributed by atoms with Gasteiger partial charge in [-0.15, -0.1) is 0 Å². The topological polar surface area (TPSA) is 78.5 Å². The number of rotatable bonds is 8. The van der Waals surface area contributed by atoms with Crippen molar-refractivity contribution in [1.82, 2.24) is 9.47 Å². The molecule has 2 aromatic carbocycles. The number of likely N-dealkylation sites (tertiary alicyclic amines) is 1. The quantitative estimate of drug-likeness (QED) is 0.260. The summed E-state index contributed by atoms with van der Waals surface area (Å²) in [6.07, 6.45) is -0.126. The molecule has 1 saturated heterocycles. The Bertz CT molecular complexity index is 1350. The maximum Gasteiger partial charge on any atom is 0.406 e. The highest BCUT2D eigenvalue weighted by Crippen LogP contribution is 2.31. The number of anilines is 2. The van der Waals surface area contributed by atoms with Gasteiger partial charge in [-0.25, -0.2) is 0 Å². The van der Waals surface area contributed by atoms with Crippen LogP contribution in [0.1, 0.15) is 43.5 Å². The number of alkyl halides is 3. The number of aliphatic hydroxyl groups excluding tert-OH is 1. The molecular weight excluding hydrogens is 527 g/mol. The molecule has 5 N–H and O–H groups in total. The van der Waals surface area contributed by atoms with E-state index in [0.29, 0.717) is 30.2 Å². The summed E-state index contributed by atoms with van der Waals surface area (Å²) in [6, 6.07) is 13.6. The third-order valence-electron chi connectivity index (χ3n) is 7.03. The molecule has 2 heterocycles. The highest BCUT2D eigenvalue weighted by Gasteiger charge is 2.30. The number of aryl methyl sites for hydroxylation is 1. The van der Waals surface area contributed by atoms with Gasteiger partial charge >= 0.3 is 6.18 Å². The number of aliphatic hydroxyl groups is 1. The van der Waals surface area contributed by atoms with Crippen LogP contribution in [0.15, 0.2) is 55.2 Å². The molecule has 0 saturated carbocycles. The first-order chi connectivity index (χ1) is 19.5. The van der Waals surface area contributed by atoms with Crippen molar-refractivity contribution in [2.75, 3.05) is 37.3 Å². The van der Waals surface area contributed by atoms with Crippen LogP contribution in [0.4, 0.5) is 24.5 Å². The van der Waals surface area contributed by atoms with E-state index in [4.69, 9.17) is 0 Å². The molecule has 4 rings (SSSR count). The monoisotopic (exact) mass is 569 g/mol. The van der Waals surface area contributed by atoms with Gasteiger partial charge in [0.25, 0.3) is 0 Å². The maximum absolute atomic E-state index is 13.5. The van der Waals surface area contributed by atoms with Gasteiger partial charge in [0.05, 0.1) is 23.9 Å². The van der Waals surface area contributed by atoms with E-state index in [1.807, 2.05) is 18.2 Å². The molecule has 222 valence electrons. The number of hydrogen-bond donors (Lipinski definition) is 4. The van der Waals surface area contributed by atoms with E-state index < -0.39 is 18.8 Å².